The Morgan fingerprint density at radius 3 is 2.21 bits per heavy atom. The molecule has 0 unspecified atom stereocenters. The molecule has 0 bridgehead atoms. The lowest BCUT2D eigenvalue weighted by Gasteiger charge is -1.98. The maximum Gasteiger partial charge on any atom is 0.239 e. The Balaban J connectivity index is 5.50. The zero-order valence-electron chi connectivity index (χ0n) is 9.29. The molecule has 0 aliphatic rings. The van der Waals surface area contributed by atoms with E-state index in [0.717, 1.165) is 24.6 Å². The van der Waals surface area contributed by atoms with E-state index in [-0.39, 0.29) is 24.9 Å². The lowest BCUT2D eigenvalue weighted by molar-refractivity contribution is -0.110. The second-order valence-corrected chi connectivity index (χ2v) is 2.49. The number of nitrogens with zero attached hydrogens (tertiary/aromatic N) is 4. The summed E-state index contributed by atoms with van der Waals surface area (Å²) in [4.78, 5) is 64.5. The van der Waals surface area contributed by atoms with Crippen LogP contribution < -0.4 is 0 Å². The number of isocyanates is 1. The van der Waals surface area contributed by atoms with E-state index in [2.05, 4.69) is 20.0 Å². The third kappa shape index (κ3) is 6.19. The number of amides is 3. The summed E-state index contributed by atoms with van der Waals surface area (Å²) in [5, 5.41) is 0. The van der Waals surface area contributed by atoms with Gasteiger partial charge in [-0.15, -0.1) is 0 Å². The second kappa shape index (κ2) is 10.00. The fourth-order valence-corrected chi connectivity index (χ4v) is 0.836. The van der Waals surface area contributed by atoms with Crippen molar-refractivity contribution in [2.75, 3.05) is 0 Å². The number of rotatable bonds is 8. The van der Waals surface area contributed by atoms with Gasteiger partial charge in [-0.3, -0.25) is 19.2 Å². The standard InChI is InChI=1S/C10H6N4O5/c15-4-11-2-1-9(19)10(14-7-18)8(13-6-17)3-12-5-16/h1-3,5-7H. The van der Waals surface area contributed by atoms with Crippen molar-refractivity contribution in [2.45, 2.75) is 0 Å². The zero-order valence-corrected chi connectivity index (χ0v) is 9.29. The number of hydrogen-bond acceptors (Lipinski definition) is 6. The Bertz CT molecular complexity index is 538. The van der Waals surface area contributed by atoms with Crippen LogP contribution in [0, 0.1) is 0 Å². The maximum absolute atomic E-state index is 11.6. The Hall–Kier alpha value is -3.19. The first-order valence-corrected chi connectivity index (χ1v) is 4.49. The first kappa shape index (κ1) is 15.8. The summed E-state index contributed by atoms with van der Waals surface area (Å²) >= 11 is 0. The van der Waals surface area contributed by atoms with Gasteiger partial charge in [0.15, 0.2) is 0 Å². The number of hydrogen-bond donors (Lipinski definition) is 0. The molecule has 0 rings (SSSR count). The topological polar surface area (TPSA) is 135 Å². The molecule has 3 amide bonds. The van der Waals surface area contributed by atoms with Crippen LogP contribution in [0.3, 0.4) is 0 Å². The normalized spacial score (nSPS) is 12.2. The Morgan fingerprint density at radius 2 is 1.68 bits per heavy atom. The average Bonchev–Trinajstić information content (AvgIpc) is 2.41. The molecule has 0 aromatic carbocycles. The molecule has 0 saturated heterocycles. The largest absolute Gasteiger partial charge is 0.287 e. The summed E-state index contributed by atoms with van der Waals surface area (Å²) < 4.78 is 0. The van der Waals surface area contributed by atoms with Crippen molar-refractivity contribution in [3.05, 3.63) is 12.3 Å². The van der Waals surface area contributed by atoms with Gasteiger partial charge >= 0.3 is 0 Å². The lowest BCUT2D eigenvalue weighted by atomic mass is 10.1. The molecule has 19 heavy (non-hydrogen) atoms. The molecule has 0 fully saturated rings. The van der Waals surface area contributed by atoms with Crippen molar-refractivity contribution < 1.29 is 24.0 Å². The number of carbonyl (C=O) groups excluding carboxylic acids is 5. The molecule has 0 aliphatic carbocycles. The van der Waals surface area contributed by atoms with Crippen molar-refractivity contribution in [2.24, 2.45) is 20.0 Å². The molecule has 0 heterocycles. The molecule has 0 N–H and O–H groups in total. The molecule has 0 aliphatic heterocycles. The maximum atomic E-state index is 11.6. The minimum atomic E-state index is -0.871. The van der Waals surface area contributed by atoms with E-state index in [0.29, 0.717) is 0 Å². The van der Waals surface area contributed by atoms with E-state index >= 15 is 0 Å². The highest BCUT2D eigenvalue weighted by Gasteiger charge is 2.14. The van der Waals surface area contributed by atoms with E-state index in [9.17, 15) is 24.0 Å². The van der Waals surface area contributed by atoms with Gasteiger partial charge in [0.05, 0.1) is 6.21 Å². The van der Waals surface area contributed by atoms with Crippen LogP contribution in [0.4, 0.5) is 0 Å². The van der Waals surface area contributed by atoms with Crippen molar-refractivity contribution in [3.8, 4) is 0 Å². The molecule has 9 nitrogen and oxygen atoms in total. The summed E-state index contributed by atoms with van der Waals surface area (Å²) in [6, 6.07) is 0. The molecule has 0 saturated carbocycles. The van der Waals surface area contributed by atoms with Crippen LogP contribution in [0.25, 0.3) is 0 Å². The van der Waals surface area contributed by atoms with Gasteiger partial charge in [-0.2, -0.15) is 4.99 Å². The van der Waals surface area contributed by atoms with Gasteiger partial charge in [-0.1, -0.05) is 0 Å². The highest BCUT2D eigenvalue weighted by atomic mass is 16.1. The highest BCUT2D eigenvalue weighted by molar-refractivity contribution is 6.80. The SMILES string of the molecule is O=C=NC=CC(=O)C(=NC=O)C(C=NC=O)=NC=O. The Kier molecular flexibility index (Phi) is 8.32. The van der Waals surface area contributed by atoms with Gasteiger partial charge in [0.2, 0.25) is 31.1 Å². The summed E-state index contributed by atoms with van der Waals surface area (Å²) in [6.07, 6.45) is 3.78. The van der Waals surface area contributed by atoms with Crippen molar-refractivity contribution >= 4 is 48.7 Å². The van der Waals surface area contributed by atoms with Gasteiger partial charge in [-0.25, -0.2) is 19.8 Å². The fourth-order valence-electron chi connectivity index (χ4n) is 0.836. The summed E-state index contributed by atoms with van der Waals surface area (Å²) in [7, 11) is 0. The van der Waals surface area contributed by atoms with Gasteiger partial charge in [-0.05, 0) is 0 Å². The molecule has 0 atom stereocenters. The summed E-state index contributed by atoms with van der Waals surface area (Å²) in [5.41, 5.74) is -0.927. The van der Waals surface area contributed by atoms with Crippen LogP contribution in [0.2, 0.25) is 0 Å². The molecular formula is C10H6N4O5. The third-order valence-corrected chi connectivity index (χ3v) is 1.46. The quantitative estimate of drug-likeness (QED) is 0.235. The predicted octanol–water partition coefficient (Wildman–Crippen LogP) is -1.17. The third-order valence-electron chi connectivity index (χ3n) is 1.46. The molecule has 0 aromatic heterocycles. The first-order chi connectivity index (χ1) is 9.21. The summed E-state index contributed by atoms with van der Waals surface area (Å²) in [5.74, 6) is -0.871. The van der Waals surface area contributed by atoms with E-state index < -0.39 is 11.5 Å². The summed E-state index contributed by atoms with van der Waals surface area (Å²) in [6.45, 7) is 0. The smallest absolute Gasteiger partial charge is 0.239 e. The second-order valence-electron chi connectivity index (χ2n) is 2.49. The van der Waals surface area contributed by atoms with E-state index in [1.165, 1.54) is 0 Å². The number of aliphatic imine (C=N–C) groups is 4. The monoisotopic (exact) mass is 262 g/mol. The molecule has 0 aromatic rings. The van der Waals surface area contributed by atoms with Gasteiger partial charge in [0.1, 0.15) is 11.4 Å². The van der Waals surface area contributed by atoms with Crippen molar-refractivity contribution in [1.82, 2.24) is 0 Å². The molecule has 0 radical (unpaired) electrons. The van der Waals surface area contributed by atoms with Crippen LogP contribution >= 0.6 is 0 Å². The van der Waals surface area contributed by atoms with Crippen LogP contribution in [0.1, 0.15) is 0 Å². The first-order valence-electron chi connectivity index (χ1n) is 4.49. The molecule has 9 heteroatoms. The predicted molar refractivity (Wildman–Crippen MR) is 63.8 cm³/mol. The van der Waals surface area contributed by atoms with Gasteiger partial charge < -0.3 is 0 Å². The van der Waals surface area contributed by atoms with Crippen LogP contribution in [0.15, 0.2) is 32.2 Å². The van der Waals surface area contributed by atoms with E-state index in [4.69, 9.17) is 0 Å². The number of allylic oxidation sites excluding steroid dienone is 1. The number of ketones is 1. The average molecular weight is 262 g/mol. The lowest BCUT2D eigenvalue weighted by Crippen LogP contribution is -2.24. The Labute approximate surface area is 106 Å². The molecular weight excluding hydrogens is 256 g/mol. The highest BCUT2D eigenvalue weighted by Crippen LogP contribution is 1.90. The minimum Gasteiger partial charge on any atom is -0.287 e. The van der Waals surface area contributed by atoms with E-state index in [1.54, 1.807) is 0 Å². The fraction of sp³-hybridized carbons (Fsp3) is 0. The molecule has 96 valence electrons. The molecule has 0 spiro atoms. The van der Waals surface area contributed by atoms with Gasteiger partial charge in [0, 0.05) is 12.3 Å². The minimum absolute atomic E-state index is 0.0408. The van der Waals surface area contributed by atoms with Crippen LogP contribution in [-0.2, 0) is 24.0 Å². The Morgan fingerprint density at radius 1 is 1.00 bits per heavy atom. The van der Waals surface area contributed by atoms with Crippen LogP contribution in [0.5, 0.6) is 0 Å². The van der Waals surface area contributed by atoms with E-state index in [1.807, 2.05) is 0 Å². The van der Waals surface area contributed by atoms with Crippen molar-refractivity contribution in [1.29, 1.82) is 0 Å². The van der Waals surface area contributed by atoms with Crippen LogP contribution in [-0.4, -0.2) is 48.7 Å². The number of carbonyl (C=O) groups is 4. The zero-order chi connectivity index (χ0) is 14.5. The van der Waals surface area contributed by atoms with Gasteiger partial charge in [0.25, 0.3) is 0 Å². The van der Waals surface area contributed by atoms with Crippen molar-refractivity contribution in [3.63, 3.8) is 0 Å².